The van der Waals surface area contributed by atoms with Crippen LogP contribution in [0.5, 0.6) is 11.5 Å². The van der Waals surface area contributed by atoms with Crippen molar-refractivity contribution in [2.45, 2.75) is 26.0 Å². The van der Waals surface area contributed by atoms with Crippen molar-refractivity contribution in [3.63, 3.8) is 0 Å². The molecule has 0 amide bonds. The molecule has 0 bridgehead atoms. The van der Waals surface area contributed by atoms with Gasteiger partial charge in [-0.1, -0.05) is 24.3 Å². The minimum atomic E-state index is -0.353. The SMILES string of the molecule is COc1cc(C)ccc1CN1CCOC(c2cc(CCOc3ccccc3F)[nH]n2)C1. The zero-order chi connectivity index (χ0) is 21.6. The summed E-state index contributed by atoms with van der Waals surface area (Å²) in [5.41, 5.74) is 4.17. The first-order valence-electron chi connectivity index (χ1n) is 10.5. The van der Waals surface area contributed by atoms with Gasteiger partial charge in [0.1, 0.15) is 11.9 Å². The first-order valence-corrected chi connectivity index (χ1v) is 10.5. The number of methoxy groups -OCH3 is 1. The first-order chi connectivity index (χ1) is 15.1. The number of hydrogen-bond acceptors (Lipinski definition) is 5. The van der Waals surface area contributed by atoms with Crippen molar-refractivity contribution in [2.75, 3.05) is 33.4 Å². The average molecular weight is 426 g/mol. The van der Waals surface area contributed by atoms with Gasteiger partial charge in [0.2, 0.25) is 0 Å². The number of halogens is 1. The van der Waals surface area contributed by atoms with Crippen LogP contribution in [0, 0.1) is 12.7 Å². The number of nitrogens with zero attached hydrogens (tertiary/aromatic N) is 2. The van der Waals surface area contributed by atoms with Crippen LogP contribution in [0.25, 0.3) is 0 Å². The van der Waals surface area contributed by atoms with Gasteiger partial charge in [-0.25, -0.2) is 4.39 Å². The fourth-order valence-electron chi connectivity index (χ4n) is 3.75. The fourth-order valence-corrected chi connectivity index (χ4v) is 3.75. The number of ether oxygens (including phenoxy) is 3. The third-order valence-corrected chi connectivity index (χ3v) is 5.43. The van der Waals surface area contributed by atoms with E-state index in [0.29, 0.717) is 19.6 Å². The Morgan fingerprint density at radius 3 is 2.90 bits per heavy atom. The summed E-state index contributed by atoms with van der Waals surface area (Å²) in [4.78, 5) is 2.36. The van der Waals surface area contributed by atoms with Gasteiger partial charge in [0, 0.05) is 37.3 Å². The van der Waals surface area contributed by atoms with E-state index in [9.17, 15) is 4.39 Å². The van der Waals surface area contributed by atoms with E-state index >= 15 is 0 Å². The number of nitrogens with one attached hydrogen (secondary N) is 1. The molecule has 6 nitrogen and oxygen atoms in total. The molecule has 3 aromatic rings. The van der Waals surface area contributed by atoms with E-state index in [2.05, 4.69) is 40.2 Å². The highest BCUT2D eigenvalue weighted by molar-refractivity contribution is 5.37. The highest BCUT2D eigenvalue weighted by Gasteiger charge is 2.25. The van der Waals surface area contributed by atoms with E-state index in [0.717, 1.165) is 36.8 Å². The maximum Gasteiger partial charge on any atom is 0.165 e. The second kappa shape index (κ2) is 9.94. The van der Waals surface area contributed by atoms with Gasteiger partial charge in [-0.3, -0.25) is 10.00 Å². The smallest absolute Gasteiger partial charge is 0.165 e. The Morgan fingerprint density at radius 2 is 2.06 bits per heavy atom. The molecule has 1 fully saturated rings. The number of aryl methyl sites for hydroxylation is 1. The van der Waals surface area contributed by atoms with Crippen molar-refractivity contribution < 1.29 is 18.6 Å². The molecule has 7 heteroatoms. The Labute approximate surface area is 181 Å². The molecule has 4 rings (SSSR count). The van der Waals surface area contributed by atoms with E-state index in [4.69, 9.17) is 14.2 Å². The lowest BCUT2D eigenvalue weighted by Crippen LogP contribution is -2.38. The lowest BCUT2D eigenvalue weighted by atomic mass is 10.1. The van der Waals surface area contributed by atoms with Crippen LogP contribution >= 0.6 is 0 Å². The van der Waals surface area contributed by atoms with Crippen LogP contribution in [0.4, 0.5) is 4.39 Å². The summed E-state index contributed by atoms with van der Waals surface area (Å²) in [6.07, 6.45) is 0.515. The highest BCUT2D eigenvalue weighted by Crippen LogP contribution is 2.26. The summed E-state index contributed by atoms with van der Waals surface area (Å²) in [6.45, 7) is 5.50. The molecule has 31 heavy (non-hydrogen) atoms. The van der Waals surface area contributed by atoms with Crippen LogP contribution in [0.1, 0.15) is 28.6 Å². The van der Waals surface area contributed by atoms with Crippen LogP contribution in [0.15, 0.2) is 48.5 Å². The number of benzene rings is 2. The summed E-state index contributed by atoms with van der Waals surface area (Å²) in [5.74, 6) is 0.827. The lowest BCUT2D eigenvalue weighted by Gasteiger charge is -2.32. The zero-order valence-electron chi connectivity index (χ0n) is 17.9. The van der Waals surface area contributed by atoms with Gasteiger partial charge in [0.25, 0.3) is 0 Å². The Morgan fingerprint density at radius 1 is 1.19 bits per heavy atom. The second-order valence-electron chi connectivity index (χ2n) is 7.76. The summed E-state index contributed by atoms with van der Waals surface area (Å²) in [6, 6.07) is 14.7. The van der Waals surface area contributed by atoms with Crippen molar-refractivity contribution >= 4 is 0 Å². The number of aromatic amines is 1. The monoisotopic (exact) mass is 425 g/mol. The molecular weight excluding hydrogens is 397 g/mol. The van der Waals surface area contributed by atoms with Crippen LogP contribution in [-0.4, -0.2) is 48.5 Å². The van der Waals surface area contributed by atoms with E-state index in [1.165, 1.54) is 17.2 Å². The summed E-state index contributed by atoms with van der Waals surface area (Å²) in [5, 5.41) is 7.49. The topological polar surface area (TPSA) is 59.6 Å². The van der Waals surface area contributed by atoms with Gasteiger partial charge in [-0.2, -0.15) is 5.10 Å². The minimum Gasteiger partial charge on any atom is -0.496 e. The maximum atomic E-state index is 13.6. The predicted molar refractivity (Wildman–Crippen MR) is 116 cm³/mol. The highest BCUT2D eigenvalue weighted by atomic mass is 19.1. The molecule has 1 atom stereocenters. The Kier molecular flexibility index (Phi) is 6.84. The quantitative estimate of drug-likeness (QED) is 0.590. The molecule has 2 aromatic carbocycles. The average Bonchev–Trinajstić information content (AvgIpc) is 3.25. The van der Waals surface area contributed by atoms with Crippen molar-refractivity contribution in [3.05, 3.63) is 76.9 Å². The van der Waals surface area contributed by atoms with Gasteiger partial charge < -0.3 is 14.2 Å². The van der Waals surface area contributed by atoms with Gasteiger partial charge in [-0.05, 0) is 36.8 Å². The van der Waals surface area contributed by atoms with Crippen LogP contribution in [0.2, 0.25) is 0 Å². The van der Waals surface area contributed by atoms with Gasteiger partial charge >= 0.3 is 0 Å². The Hall–Kier alpha value is -2.90. The molecule has 1 N–H and O–H groups in total. The maximum absolute atomic E-state index is 13.6. The molecule has 1 saturated heterocycles. The molecule has 1 aromatic heterocycles. The van der Waals surface area contributed by atoms with Gasteiger partial charge in [0.05, 0.1) is 26.0 Å². The normalized spacial score (nSPS) is 16.9. The molecular formula is C24H28FN3O3. The van der Waals surface area contributed by atoms with Gasteiger partial charge in [-0.15, -0.1) is 0 Å². The van der Waals surface area contributed by atoms with E-state index in [1.807, 2.05) is 6.07 Å². The minimum absolute atomic E-state index is 0.0947. The molecule has 0 saturated carbocycles. The summed E-state index contributed by atoms with van der Waals surface area (Å²) in [7, 11) is 1.71. The summed E-state index contributed by atoms with van der Waals surface area (Å²) >= 11 is 0. The predicted octanol–water partition coefficient (Wildman–Crippen LogP) is 4.06. The Balaban J connectivity index is 1.33. The van der Waals surface area contributed by atoms with Crippen LogP contribution in [-0.2, 0) is 17.7 Å². The van der Waals surface area contributed by atoms with E-state index < -0.39 is 0 Å². The van der Waals surface area contributed by atoms with E-state index in [1.54, 1.807) is 25.3 Å². The molecule has 0 spiro atoms. The number of hydrogen-bond donors (Lipinski definition) is 1. The zero-order valence-corrected chi connectivity index (χ0v) is 17.9. The molecule has 164 valence electrons. The largest absolute Gasteiger partial charge is 0.496 e. The molecule has 0 radical (unpaired) electrons. The second-order valence-corrected chi connectivity index (χ2v) is 7.76. The number of para-hydroxylation sites is 1. The first kappa shape index (κ1) is 21.3. The molecule has 1 unspecified atom stereocenters. The fraction of sp³-hybridized carbons (Fsp3) is 0.375. The lowest BCUT2D eigenvalue weighted by molar-refractivity contribution is -0.0351. The third kappa shape index (κ3) is 5.42. The Bertz CT molecular complexity index is 1010. The van der Waals surface area contributed by atoms with Crippen LogP contribution < -0.4 is 9.47 Å². The van der Waals surface area contributed by atoms with Crippen molar-refractivity contribution in [2.24, 2.45) is 0 Å². The van der Waals surface area contributed by atoms with Crippen molar-refractivity contribution in [1.82, 2.24) is 15.1 Å². The van der Waals surface area contributed by atoms with Crippen LogP contribution in [0.3, 0.4) is 0 Å². The van der Waals surface area contributed by atoms with Crippen molar-refractivity contribution in [3.8, 4) is 11.5 Å². The van der Waals surface area contributed by atoms with Gasteiger partial charge in [0.15, 0.2) is 11.6 Å². The molecule has 0 aliphatic carbocycles. The number of aromatic nitrogens is 2. The standard InChI is InChI=1S/C24H28FN3O3/c1-17-7-8-18(23(13-17)29-2)15-28-10-12-31-24(16-28)21-14-19(26-27-21)9-11-30-22-6-4-3-5-20(22)25/h3-8,13-14,24H,9-12,15-16H2,1-2H3,(H,26,27). The van der Waals surface area contributed by atoms with Crippen molar-refractivity contribution in [1.29, 1.82) is 0 Å². The molecule has 1 aliphatic heterocycles. The third-order valence-electron chi connectivity index (χ3n) is 5.43. The number of morpholine rings is 1. The summed E-state index contributed by atoms with van der Waals surface area (Å²) < 4.78 is 30.7. The molecule has 2 heterocycles. The number of rotatable bonds is 8. The number of H-pyrrole nitrogens is 1. The molecule has 1 aliphatic rings. The van der Waals surface area contributed by atoms with E-state index in [-0.39, 0.29) is 17.7 Å².